The highest BCUT2D eigenvalue weighted by Gasteiger charge is 2.38. The zero-order chi connectivity index (χ0) is 20.5. The van der Waals surface area contributed by atoms with Gasteiger partial charge in [0, 0.05) is 23.2 Å². The number of benzene rings is 2. The molecule has 0 aliphatic carbocycles. The van der Waals surface area contributed by atoms with E-state index in [1.807, 2.05) is 0 Å². The van der Waals surface area contributed by atoms with Gasteiger partial charge in [-0.1, -0.05) is 29.8 Å². The summed E-state index contributed by atoms with van der Waals surface area (Å²) in [5.74, 6) is -1.34. The molecule has 28 heavy (non-hydrogen) atoms. The molecule has 2 aromatic rings. The summed E-state index contributed by atoms with van der Waals surface area (Å²) in [6, 6.07) is 6.81. The summed E-state index contributed by atoms with van der Waals surface area (Å²) in [5, 5.41) is 3.05. The monoisotopic (exact) mass is 432 g/mol. The van der Waals surface area contributed by atoms with Crippen LogP contribution < -0.4 is 10.0 Å². The van der Waals surface area contributed by atoms with Gasteiger partial charge in [-0.2, -0.15) is 0 Å². The van der Waals surface area contributed by atoms with E-state index in [0.717, 1.165) is 6.07 Å². The molecule has 1 aliphatic heterocycles. The van der Waals surface area contributed by atoms with Gasteiger partial charge >= 0.3 is 0 Å². The minimum atomic E-state index is -3.61. The third-order valence-electron chi connectivity index (χ3n) is 4.79. The van der Waals surface area contributed by atoms with E-state index in [-0.39, 0.29) is 40.4 Å². The first-order chi connectivity index (χ1) is 13.2. The number of sulfonamides is 1. The molecule has 2 aromatic carbocycles. The summed E-state index contributed by atoms with van der Waals surface area (Å²) in [5.41, 5.74) is 0.722. The molecule has 1 aliphatic rings. The topological polar surface area (TPSA) is 58.2 Å². The number of nitrogens with one attached hydrogen (secondary N) is 2. The molecule has 1 fully saturated rings. The summed E-state index contributed by atoms with van der Waals surface area (Å²) in [6.07, 6.45) is -1.35. The number of rotatable bonds is 6. The van der Waals surface area contributed by atoms with Gasteiger partial charge in [0.25, 0.3) is 0 Å². The molecule has 2 N–H and O–H groups in total. The molecule has 0 spiro atoms. The summed E-state index contributed by atoms with van der Waals surface area (Å²) >= 11 is 5.86. The van der Waals surface area contributed by atoms with Crippen molar-refractivity contribution in [3.05, 3.63) is 58.6 Å². The van der Waals surface area contributed by atoms with Gasteiger partial charge < -0.3 is 5.32 Å². The smallest absolute Gasteiger partial charge is 0.211 e. The second-order valence-electron chi connectivity index (χ2n) is 6.72. The maximum atomic E-state index is 15.1. The zero-order valence-corrected chi connectivity index (χ0v) is 16.6. The molecule has 0 aromatic heterocycles. The molecular weight excluding hydrogens is 413 g/mol. The van der Waals surface area contributed by atoms with Gasteiger partial charge in [0.2, 0.25) is 10.0 Å². The van der Waals surface area contributed by atoms with Crippen LogP contribution in [0.15, 0.2) is 36.4 Å². The van der Waals surface area contributed by atoms with Crippen LogP contribution in [-0.2, 0) is 16.4 Å². The molecule has 0 amide bonds. The Labute approximate surface area is 167 Å². The normalized spacial score (nSPS) is 22.5. The summed E-state index contributed by atoms with van der Waals surface area (Å²) in [7, 11) is -3.61. The first-order valence-electron chi connectivity index (χ1n) is 8.81. The van der Waals surface area contributed by atoms with E-state index in [0.29, 0.717) is 0 Å². The van der Waals surface area contributed by atoms with Crippen molar-refractivity contribution in [3.8, 4) is 11.1 Å². The molecular formula is C19H20ClF3N2O2S. The molecule has 3 rings (SSSR count). The Bertz CT molecular complexity index is 951. The molecule has 1 heterocycles. The van der Waals surface area contributed by atoms with Crippen molar-refractivity contribution in [2.45, 2.75) is 31.6 Å². The van der Waals surface area contributed by atoms with E-state index in [2.05, 4.69) is 10.0 Å². The van der Waals surface area contributed by atoms with Crippen molar-refractivity contribution < 1.29 is 21.6 Å². The lowest BCUT2D eigenvalue weighted by Crippen LogP contribution is -2.48. The minimum Gasteiger partial charge on any atom is -0.309 e. The quantitative estimate of drug-likeness (QED) is 0.735. The highest BCUT2D eigenvalue weighted by atomic mass is 35.5. The molecule has 152 valence electrons. The number of halogens is 4. The van der Waals surface area contributed by atoms with Crippen LogP contribution in [-0.4, -0.2) is 39.0 Å². The molecule has 9 heteroatoms. The van der Waals surface area contributed by atoms with Crippen LogP contribution in [0.25, 0.3) is 11.1 Å². The van der Waals surface area contributed by atoms with Gasteiger partial charge in [0.1, 0.15) is 17.8 Å². The third kappa shape index (κ3) is 4.68. The lowest BCUT2D eigenvalue weighted by molar-refractivity contribution is 0.304. The van der Waals surface area contributed by atoms with Gasteiger partial charge in [-0.25, -0.2) is 26.3 Å². The maximum Gasteiger partial charge on any atom is 0.211 e. The van der Waals surface area contributed by atoms with Crippen LogP contribution in [0.2, 0.25) is 5.02 Å². The molecule has 0 bridgehead atoms. The Balaban J connectivity index is 1.88. The van der Waals surface area contributed by atoms with Crippen molar-refractivity contribution in [2.75, 3.05) is 12.3 Å². The van der Waals surface area contributed by atoms with Crippen LogP contribution in [0.4, 0.5) is 13.2 Å². The van der Waals surface area contributed by atoms with Crippen molar-refractivity contribution in [1.29, 1.82) is 0 Å². The lowest BCUT2D eigenvalue weighted by Gasteiger charge is -2.22. The number of alkyl halides is 1. The second-order valence-corrected chi connectivity index (χ2v) is 9.20. The van der Waals surface area contributed by atoms with Gasteiger partial charge in [-0.3, -0.25) is 0 Å². The Morgan fingerprint density at radius 3 is 2.68 bits per heavy atom. The Morgan fingerprint density at radius 1 is 1.25 bits per heavy atom. The zero-order valence-electron chi connectivity index (χ0n) is 15.1. The van der Waals surface area contributed by atoms with E-state index >= 15 is 4.39 Å². The van der Waals surface area contributed by atoms with E-state index in [4.69, 9.17) is 11.6 Å². The first kappa shape index (κ1) is 21.1. The van der Waals surface area contributed by atoms with E-state index in [1.54, 1.807) is 12.1 Å². The highest BCUT2D eigenvalue weighted by molar-refractivity contribution is 7.89. The Hall–Kier alpha value is -1.61. The Kier molecular flexibility index (Phi) is 6.34. The van der Waals surface area contributed by atoms with Crippen molar-refractivity contribution in [3.63, 3.8) is 0 Å². The fourth-order valence-electron chi connectivity index (χ4n) is 3.32. The van der Waals surface area contributed by atoms with Crippen LogP contribution >= 0.6 is 11.6 Å². The van der Waals surface area contributed by atoms with Crippen molar-refractivity contribution in [1.82, 2.24) is 10.0 Å². The fourth-order valence-corrected chi connectivity index (χ4v) is 4.44. The summed E-state index contributed by atoms with van der Waals surface area (Å²) in [4.78, 5) is 0. The van der Waals surface area contributed by atoms with E-state index in [9.17, 15) is 17.2 Å². The van der Waals surface area contributed by atoms with Crippen LogP contribution in [0.3, 0.4) is 0 Å². The number of hydrogen-bond acceptors (Lipinski definition) is 3. The standard InChI is InChI=1S/C19H20ClF3N2O2S/c1-2-28(26,27)25-19-16(22)10-24-17(19)8-11-4-3-5-15(18(11)23)12-6-13(20)9-14(21)7-12/h3-7,9,16-17,19,24-25H,2,8,10H2,1H3/t16-,17-,19-/m0/s1. The van der Waals surface area contributed by atoms with Gasteiger partial charge in [-0.05, 0) is 42.7 Å². The van der Waals surface area contributed by atoms with Crippen molar-refractivity contribution in [2.24, 2.45) is 0 Å². The van der Waals surface area contributed by atoms with Crippen LogP contribution in [0, 0.1) is 11.6 Å². The number of hydrogen-bond donors (Lipinski definition) is 2. The minimum absolute atomic E-state index is 0.0254. The predicted octanol–water partition coefficient (Wildman–Crippen LogP) is 3.45. The summed E-state index contributed by atoms with van der Waals surface area (Å²) < 4.78 is 68.9. The molecule has 4 nitrogen and oxygen atoms in total. The maximum absolute atomic E-state index is 15.1. The van der Waals surface area contributed by atoms with E-state index in [1.165, 1.54) is 25.1 Å². The molecule has 1 saturated heterocycles. The molecule has 3 atom stereocenters. The van der Waals surface area contributed by atoms with Gasteiger partial charge in [-0.15, -0.1) is 0 Å². The SMILES string of the molecule is CCS(=O)(=O)N[C@@H]1[C@H](Cc2cccc(-c3cc(F)cc(Cl)c3)c2F)NC[C@@H]1F. The lowest BCUT2D eigenvalue weighted by atomic mass is 9.96. The average Bonchev–Trinajstić information content (AvgIpc) is 2.95. The average molecular weight is 433 g/mol. The second kappa shape index (κ2) is 8.41. The fraction of sp³-hybridized carbons (Fsp3) is 0.368. The first-order valence-corrected chi connectivity index (χ1v) is 10.8. The highest BCUT2D eigenvalue weighted by Crippen LogP contribution is 2.29. The predicted molar refractivity (Wildman–Crippen MR) is 104 cm³/mol. The van der Waals surface area contributed by atoms with Crippen LogP contribution in [0.5, 0.6) is 0 Å². The third-order valence-corrected chi connectivity index (χ3v) is 6.40. The largest absolute Gasteiger partial charge is 0.309 e. The Morgan fingerprint density at radius 2 is 2.00 bits per heavy atom. The van der Waals surface area contributed by atoms with E-state index < -0.39 is 39.9 Å². The molecule has 0 radical (unpaired) electrons. The summed E-state index contributed by atoms with van der Waals surface area (Å²) in [6.45, 7) is 1.43. The molecule has 0 unspecified atom stereocenters. The van der Waals surface area contributed by atoms with Gasteiger partial charge in [0.15, 0.2) is 0 Å². The van der Waals surface area contributed by atoms with Gasteiger partial charge in [0.05, 0.1) is 11.8 Å². The van der Waals surface area contributed by atoms with Crippen LogP contribution in [0.1, 0.15) is 12.5 Å². The van der Waals surface area contributed by atoms with Crippen molar-refractivity contribution >= 4 is 21.6 Å². The molecule has 0 saturated carbocycles.